The number of hydrogen-bond donors (Lipinski definition) is 0. The Morgan fingerprint density at radius 1 is 1.12 bits per heavy atom. The number of methoxy groups -OCH3 is 1. The van der Waals surface area contributed by atoms with E-state index in [-0.39, 0.29) is 23.4 Å². The maximum absolute atomic E-state index is 12.5. The van der Waals surface area contributed by atoms with Crippen molar-refractivity contribution in [1.82, 2.24) is 9.21 Å². The Bertz CT molecular complexity index is 701. The van der Waals surface area contributed by atoms with Gasteiger partial charge in [0.2, 0.25) is 15.9 Å². The van der Waals surface area contributed by atoms with Crippen LogP contribution in [0.3, 0.4) is 0 Å². The zero-order chi connectivity index (χ0) is 19.0. The first-order chi connectivity index (χ1) is 12.4. The number of piperazine rings is 1. The first-order valence-corrected chi connectivity index (χ1v) is 11.1. The third kappa shape index (κ3) is 6.30. The van der Waals surface area contributed by atoms with Gasteiger partial charge < -0.3 is 9.64 Å². The van der Waals surface area contributed by atoms with E-state index in [1.165, 1.54) is 23.2 Å². The summed E-state index contributed by atoms with van der Waals surface area (Å²) in [6.07, 6.45) is 0.332. The van der Waals surface area contributed by atoms with E-state index in [0.717, 1.165) is 5.56 Å². The molecule has 0 bridgehead atoms. The maximum atomic E-state index is 12.5. The average Bonchev–Trinajstić information content (AvgIpc) is 2.65. The second-order valence-corrected chi connectivity index (χ2v) is 8.97. The zero-order valence-corrected chi connectivity index (χ0v) is 16.4. The Hall–Kier alpha value is -1.58. The monoisotopic (exact) mass is 400 g/mol. The average molecular weight is 401 g/mol. The van der Waals surface area contributed by atoms with Crippen molar-refractivity contribution in [3.8, 4) is 0 Å². The van der Waals surface area contributed by atoms with Crippen LogP contribution >= 0.6 is 11.8 Å². The van der Waals surface area contributed by atoms with Crippen molar-refractivity contribution in [2.24, 2.45) is 0 Å². The molecule has 0 aliphatic carbocycles. The summed E-state index contributed by atoms with van der Waals surface area (Å²) in [5.41, 5.74) is 0.758. The SMILES string of the molecule is COC(=O)CSCCC(=O)N1CCN(S(=O)(=O)Cc2ccccc2)CC1. The quantitative estimate of drug-likeness (QED) is 0.477. The van der Waals surface area contributed by atoms with Gasteiger partial charge in [0, 0.05) is 38.4 Å². The minimum absolute atomic E-state index is 0.0116. The van der Waals surface area contributed by atoms with Gasteiger partial charge in [-0.15, -0.1) is 11.8 Å². The Kier molecular flexibility index (Phi) is 7.92. The van der Waals surface area contributed by atoms with Crippen molar-refractivity contribution >= 4 is 33.7 Å². The molecule has 144 valence electrons. The number of hydrogen-bond acceptors (Lipinski definition) is 6. The highest BCUT2D eigenvalue weighted by Crippen LogP contribution is 2.14. The maximum Gasteiger partial charge on any atom is 0.315 e. The van der Waals surface area contributed by atoms with Gasteiger partial charge in [-0.25, -0.2) is 8.42 Å². The number of esters is 1. The molecule has 1 aromatic carbocycles. The van der Waals surface area contributed by atoms with Crippen LogP contribution < -0.4 is 0 Å². The lowest BCUT2D eigenvalue weighted by atomic mass is 10.2. The summed E-state index contributed by atoms with van der Waals surface area (Å²) in [7, 11) is -2.05. The number of carbonyl (C=O) groups excluding carboxylic acids is 2. The highest BCUT2D eigenvalue weighted by Gasteiger charge is 2.28. The predicted octanol–water partition coefficient (Wildman–Crippen LogP) is 0.957. The molecule has 26 heavy (non-hydrogen) atoms. The summed E-state index contributed by atoms with van der Waals surface area (Å²) in [5, 5.41) is 0. The van der Waals surface area contributed by atoms with Gasteiger partial charge >= 0.3 is 5.97 Å². The topological polar surface area (TPSA) is 84.0 Å². The van der Waals surface area contributed by atoms with Gasteiger partial charge in [-0.1, -0.05) is 30.3 Å². The standard InChI is InChI=1S/C17H24N2O5S2/c1-24-17(21)13-25-12-7-16(20)18-8-10-19(11-9-18)26(22,23)14-15-5-3-2-4-6-15/h2-6H,7-14H2,1H3. The van der Waals surface area contributed by atoms with E-state index >= 15 is 0 Å². The molecule has 0 N–H and O–H groups in total. The second-order valence-electron chi connectivity index (χ2n) is 5.90. The molecule has 0 atom stereocenters. The van der Waals surface area contributed by atoms with Crippen LogP contribution in [0.1, 0.15) is 12.0 Å². The minimum Gasteiger partial charge on any atom is -0.468 e. The van der Waals surface area contributed by atoms with Gasteiger partial charge in [0.15, 0.2) is 0 Å². The number of benzene rings is 1. The molecule has 1 aliphatic rings. The number of amides is 1. The van der Waals surface area contributed by atoms with E-state index in [9.17, 15) is 18.0 Å². The largest absolute Gasteiger partial charge is 0.468 e. The number of thioether (sulfide) groups is 1. The Morgan fingerprint density at radius 2 is 1.77 bits per heavy atom. The Labute approximate surface area is 158 Å². The van der Waals surface area contributed by atoms with Gasteiger partial charge in [-0.3, -0.25) is 9.59 Å². The molecule has 0 saturated carbocycles. The van der Waals surface area contributed by atoms with Gasteiger partial charge in [0.25, 0.3) is 0 Å². The van der Waals surface area contributed by atoms with Crippen LogP contribution in [0.15, 0.2) is 30.3 Å². The molecular formula is C17H24N2O5S2. The number of rotatable bonds is 8. The van der Waals surface area contributed by atoms with E-state index in [0.29, 0.717) is 38.4 Å². The van der Waals surface area contributed by atoms with Crippen LogP contribution in [-0.2, 0) is 30.1 Å². The zero-order valence-electron chi connectivity index (χ0n) is 14.8. The molecule has 1 aliphatic heterocycles. The van der Waals surface area contributed by atoms with Crippen LogP contribution in [0.5, 0.6) is 0 Å². The van der Waals surface area contributed by atoms with Crippen LogP contribution in [0.4, 0.5) is 0 Å². The minimum atomic E-state index is -3.38. The summed E-state index contributed by atoms with van der Waals surface area (Å²) in [4.78, 5) is 24.9. The molecule has 1 aromatic rings. The number of ether oxygens (including phenoxy) is 1. The van der Waals surface area contributed by atoms with Crippen molar-refractivity contribution in [2.75, 3.05) is 44.8 Å². The Morgan fingerprint density at radius 3 is 2.38 bits per heavy atom. The van der Waals surface area contributed by atoms with Crippen molar-refractivity contribution < 1.29 is 22.7 Å². The lowest BCUT2D eigenvalue weighted by Gasteiger charge is -2.34. The second kappa shape index (κ2) is 9.94. The third-order valence-corrected chi connectivity index (χ3v) is 6.87. The van der Waals surface area contributed by atoms with Gasteiger partial charge in [0.1, 0.15) is 0 Å². The lowest BCUT2D eigenvalue weighted by Crippen LogP contribution is -2.50. The van der Waals surface area contributed by atoms with Gasteiger partial charge in [-0.05, 0) is 5.56 Å². The number of carbonyl (C=O) groups is 2. The van der Waals surface area contributed by atoms with Crippen LogP contribution in [-0.4, -0.2) is 74.3 Å². The molecule has 0 radical (unpaired) electrons. The van der Waals surface area contributed by atoms with E-state index < -0.39 is 10.0 Å². The molecule has 7 nitrogen and oxygen atoms in total. The number of nitrogens with zero attached hydrogens (tertiary/aromatic N) is 2. The van der Waals surface area contributed by atoms with Gasteiger partial charge in [-0.2, -0.15) is 4.31 Å². The molecule has 1 saturated heterocycles. The van der Waals surface area contributed by atoms with E-state index in [4.69, 9.17) is 0 Å². The van der Waals surface area contributed by atoms with Crippen LogP contribution in [0.2, 0.25) is 0 Å². The third-order valence-electron chi connectivity index (χ3n) is 4.08. The molecule has 2 rings (SSSR count). The summed E-state index contributed by atoms with van der Waals surface area (Å²) in [5.74, 6) is 0.434. The fraction of sp³-hybridized carbons (Fsp3) is 0.529. The summed E-state index contributed by atoms with van der Waals surface area (Å²) >= 11 is 1.36. The molecule has 0 unspecified atom stereocenters. The van der Waals surface area contributed by atoms with Crippen molar-refractivity contribution in [3.05, 3.63) is 35.9 Å². The fourth-order valence-corrected chi connectivity index (χ4v) is 4.89. The van der Waals surface area contributed by atoms with Crippen molar-refractivity contribution in [3.63, 3.8) is 0 Å². The highest BCUT2D eigenvalue weighted by atomic mass is 32.2. The predicted molar refractivity (Wildman–Crippen MR) is 101 cm³/mol. The van der Waals surface area contributed by atoms with Crippen LogP contribution in [0, 0.1) is 0 Å². The first-order valence-electron chi connectivity index (χ1n) is 8.36. The lowest BCUT2D eigenvalue weighted by molar-refractivity contribution is -0.137. The van der Waals surface area contributed by atoms with Gasteiger partial charge in [0.05, 0.1) is 18.6 Å². The van der Waals surface area contributed by atoms with E-state index in [2.05, 4.69) is 4.74 Å². The molecule has 9 heteroatoms. The Balaban J connectivity index is 1.75. The smallest absolute Gasteiger partial charge is 0.315 e. The van der Waals surface area contributed by atoms with E-state index in [1.807, 2.05) is 18.2 Å². The molecule has 0 spiro atoms. The first kappa shape index (κ1) is 20.7. The summed E-state index contributed by atoms with van der Waals surface area (Å²) < 4.78 is 31.0. The molecule has 0 aromatic heterocycles. The van der Waals surface area contributed by atoms with Crippen molar-refractivity contribution in [1.29, 1.82) is 0 Å². The molecule has 1 heterocycles. The number of sulfonamides is 1. The molecule has 1 fully saturated rings. The van der Waals surface area contributed by atoms with Crippen molar-refractivity contribution in [2.45, 2.75) is 12.2 Å². The van der Waals surface area contributed by atoms with Crippen LogP contribution in [0.25, 0.3) is 0 Å². The molecular weight excluding hydrogens is 376 g/mol. The van der Waals surface area contributed by atoms with E-state index in [1.54, 1.807) is 17.0 Å². The highest BCUT2D eigenvalue weighted by molar-refractivity contribution is 7.99. The molecule has 1 amide bonds. The summed E-state index contributed by atoms with van der Waals surface area (Å²) in [6, 6.07) is 9.08. The summed E-state index contributed by atoms with van der Waals surface area (Å²) in [6.45, 7) is 1.43. The normalized spacial score (nSPS) is 15.7. The fourth-order valence-electron chi connectivity index (χ4n) is 2.62.